The van der Waals surface area contributed by atoms with E-state index in [0.29, 0.717) is 6.54 Å². The monoisotopic (exact) mass is 410 g/mol. The summed E-state index contributed by atoms with van der Waals surface area (Å²) in [5.41, 5.74) is 5.58. The van der Waals surface area contributed by atoms with Gasteiger partial charge in [0.1, 0.15) is 0 Å². The lowest BCUT2D eigenvalue weighted by Gasteiger charge is -2.15. The molecule has 0 aromatic heterocycles. The van der Waals surface area contributed by atoms with Crippen LogP contribution in [0.4, 0.5) is 5.69 Å². The smallest absolute Gasteiger partial charge is 0.266 e. The maximum absolute atomic E-state index is 13.1. The zero-order valence-electron chi connectivity index (χ0n) is 16.9. The predicted molar refractivity (Wildman–Crippen MR) is 124 cm³/mol. The molecule has 28 heavy (non-hydrogen) atoms. The molecule has 1 heterocycles. The highest BCUT2D eigenvalue weighted by atomic mass is 32.2. The molecule has 0 saturated carbocycles. The zero-order valence-corrected chi connectivity index (χ0v) is 18.5. The van der Waals surface area contributed by atoms with Crippen molar-refractivity contribution in [2.24, 2.45) is 4.99 Å². The SMILES string of the molecule is CSCCCN1C(=O)/C(=C/c2cccc(C)c2)SC1=Nc1ccc(C)c(C)c1. The standard InChI is InChI=1S/C23H26N2OS2/c1-16-7-5-8-19(13-16)15-21-22(26)25(11-6-12-27-4)23(28-21)24-20-10-9-17(2)18(3)14-20/h5,7-10,13-15H,6,11-12H2,1-4H3/b21-15-,24-23?. The minimum Gasteiger partial charge on any atom is -0.286 e. The van der Waals surface area contributed by atoms with Crippen LogP contribution in [-0.2, 0) is 4.79 Å². The van der Waals surface area contributed by atoms with Crippen LogP contribution in [0.25, 0.3) is 6.08 Å². The summed E-state index contributed by atoms with van der Waals surface area (Å²) in [6.45, 7) is 6.94. The van der Waals surface area contributed by atoms with Crippen molar-refractivity contribution in [3.05, 3.63) is 69.6 Å². The number of benzene rings is 2. The molecule has 0 aliphatic carbocycles. The van der Waals surface area contributed by atoms with Crippen molar-refractivity contribution in [1.82, 2.24) is 4.90 Å². The second-order valence-corrected chi connectivity index (χ2v) is 8.99. The van der Waals surface area contributed by atoms with E-state index in [1.807, 2.05) is 29.2 Å². The second kappa shape index (κ2) is 9.48. The van der Waals surface area contributed by atoms with Gasteiger partial charge in [0.2, 0.25) is 0 Å². The average molecular weight is 411 g/mol. The van der Waals surface area contributed by atoms with Gasteiger partial charge >= 0.3 is 0 Å². The molecule has 0 unspecified atom stereocenters. The van der Waals surface area contributed by atoms with E-state index in [0.717, 1.165) is 33.5 Å². The van der Waals surface area contributed by atoms with Crippen LogP contribution in [0.1, 0.15) is 28.7 Å². The third-order valence-electron chi connectivity index (χ3n) is 4.67. The number of aliphatic imine (C=N–C) groups is 1. The fourth-order valence-corrected chi connectivity index (χ4v) is 4.41. The maximum Gasteiger partial charge on any atom is 0.266 e. The zero-order chi connectivity index (χ0) is 20.1. The normalized spacial score (nSPS) is 17.1. The molecule has 1 aliphatic rings. The molecule has 1 amide bonds. The van der Waals surface area contributed by atoms with Crippen LogP contribution in [0.5, 0.6) is 0 Å². The first-order valence-corrected chi connectivity index (χ1v) is 11.6. The van der Waals surface area contributed by atoms with Crippen LogP contribution >= 0.6 is 23.5 Å². The summed E-state index contributed by atoms with van der Waals surface area (Å²) in [5, 5.41) is 0.772. The van der Waals surface area contributed by atoms with E-state index in [9.17, 15) is 4.79 Å². The molecule has 3 rings (SSSR count). The van der Waals surface area contributed by atoms with Gasteiger partial charge in [-0.25, -0.2) is 4.99 Å². The quantitative estimate of drug-likeness (QED) is 0.434. The number of nitrogens with zero attached hydrogens (tertiary/aromatic N) is 2. The molecule has 1 saturated heterocycles. The van der Waals surface area contributed by atoms with Gasteiger partial charge in [-0.15, -0.1) is 0 Å². The number of amidine groups is 1. The first-order chi connectivity index (χ1) is 13.5. The molecule has 0 bridgehead atoms. The topological polar surface area (TPSA) is 32.7 Å². The molecule has 2 aromatic rings. The summed E-state index contributed by atoms with van der Waals surface area (Å²) in [6.07, 6.45) is 5.02. The van der Waals surface area contributed by atoms with Crippen molar-refractivity contribution in [1.29, 1.82) is 0 Å². The summed E-state index contributed by atoms with van der Waals surface area (Å²) in [5.74, 6) is 1.08. The van der Waals surface area contributed by atoms with Crippen molar-refractivity contribution in [3.63, 3.8) is 0 Å². The number of hydrogen-bond donors (Lipinski definition) is 0. The molecule has 0 atom stereocenters. The molecule has 5 heteroatoms. The highest BCUT2D eigenvalue weighted by Crippen LogP contribution is 2.34. The van der Waals surface area contributed by atoms with Crippen LogP contribution in [0.2, 0.25) is 0 Å². The van der Waals surface area contributed by atoms with Crippen LogP contribution in [0.3, 0.4) is 0 Å². The van der Waals surface area contributed by atoms with Crippen LogP contribution < -0.4 is 0 Å². The Labute approximate surface area is 176 Å². The van der Waals surface area contributed by atoms with Gasteiger partial charge in [0, 0.05) is 6.54 Å². The van der Waals surface area contributed by atoms with Crippen molar-refractivity contribution in [2.45, 2.75) is 27.2 Å². The van der Waals surface area contributed by atoms with Gasteiger partial charge in [0.25, 0.3) is 5.91 Å². The van der Waals surface area contributed by atoms with Gasteiger partial charge < -0.3 is 0 Å². The van der Waals surface area contributed by atoms with Gasteiger partial charge in [-0.2, -0.15) is 11.8 Å². The van der Waals surface area contributed by atoms with Crippen molar-refractivity contribution < 1.29 is 4.79 Å². The fourth-order valence-electron chi connectivity index (χ4n) is 2.97. The largest absolute Gasteiger partial charge is 0.286 e. The van der Waals surface area contributed by atoms with Crippen molar-refractivity contribution in [3.8, 4) is 0 Å². The molecular weight excluding hydrogens is 384 g/mol. The van der Waals surface area contributed by atoms with E-state index in [1.165, 1.54) is 28.5 Å². The van der Waals surface area contributed by atoms with E-state index in [2.05, 4.69) is 51.3 Å². The van der Waals surface area contributed by atoms with Crippen LogP contribution in [0, 0.1) is 20.8 Å². The van der Waals surface area contributed by atoms with Gasteiger partial charge in [0.05, 0.1) is 10.6 Å². The lowest BCUT2D eigenvalue weighted by atomic mass is 10.1. The Balaban J connectivity index is 1.92. The molecule has 1 fully saturated rings. The number of rotatable bonds is 6. The Morgan fingerprint density at radius 1 is 1.11 bits per heavy atom. The Bertz CT molecular complexity index is 934. The summed E-state index contributed by atoms with van der Waals surface area (Å²) in [4.78, 5) is 20.4. The molecule has 2 aromatic carbocycles. The first-order valence-electron chi connectivity index (χ1n) is 9.41. The molecule has 0 radical (unpaired) electrons. The Morgan fingerprint density at radius 3 is 2.64 bits per heavy atom. The highest BCUT2D eigenvalue weighted by Gasteiger charge is 2.33. The number of amides is 1. The molecular formula is C23H26N2OS2. The summed E-state index contributed by atoms with van der Waals surface area (Å²) in [7, 11) is 0. The fraction of sp³-hybridized carbons (Fsp3) is 0.304. The van der Waals surface area contributed by atoms with Crippen LogP contribution in [-0.4, -0.2) is 34.5 Å². The van der Waals surface area contributed by atoms with Crippen molar-refractivity contribution >= 4 is 46.4 Å². The maximum atomic E-state index is 13.1. The molecule has 146 valence electrons. The second-order valence-electron chi connectivity index (χ2n) is 6.99. The van der Waals surface area contributed by atoms with E-state index >= 15 is 0 Å². The third kappa shape index (κ3) is 5.09. The Morgan fingerprint density at radius 2 is 1.93 bits per heavy atom. The van der Waals surface area contributed by atoms with Gasteiger partial charge in [-0.3, -0.25) is 9.69 Å². The van der Waals surface area contributed by atoms with Gasteiger partial charge in [0.15, 0.2) is 5.17 Å². The lowest BCUT2D eigenvalue weighted by Crippen LogP contribution is -2.30. The number of thioether (sulfide) groups is 2. The van der Waals surface area contributed by atoms with Crippen LogP contribution in [0.15, 0.2) is 52.4 Å². The predicted octanol–water partition coefficient (Wildman–Crippen LogP) is 5.97. The number of carbonyl (C=O) groups excluding carboxylic acids is 1. The lowest BCUT2D eigenvalue weighted by molar-refractivity contribution is -0.122. The van der Waals surface area contributed by atoms with Crippen molar-refractivity contribution in [2.75, 3.05) is 18.6 Å². The van der Waals surface area contributed by atoms with E-state index in [4.69, 9.17) is 4.99 Å². The average Bonchev–Trinajstić information content (AvgIpc) is 2.94. The minimum atomic E-state index is 0.0511. The molecule has 1 aliphatic heterocycles. The molecule has 0 N–H and O–H groups in total. The Kier molecular flexibility index (Phi) is 7.03. The Hall–Kier alpha value is -1.98. The van der Waals surface area contributed by atoms with Gasteiger partial charge in [-0.1, -0.05) is 35.9 Å². The van der Waals surface area contributed by atoms with E-state index < -0.39 is 0 Å². The van der Waals surface area contributed by atoms with E-state index in [1.54, 1.807) is 11.8 Å². The number of hydrogen-bond acceptors (Lipinski definition) is 4. The summed E-state index contributed by atoms with van der Waals surface area (Å²) in [6, 6.07) is 14.4. The number of aryl methyl sites for hydroxylation is 3. The third-order valence-corrected chi connectivity index (χ3v) is 6.38. The summed E-state index contributed by atoms with van der Waals surface area (Å²) >= 11 is 3.27. The molecule has 0 spiro atoms. The summed E-state index contributed by atoms with van der Waals surface area (Å²) < 4.78 is 0. The van der Waals surface area contributed by atoms with Gasteiger partial charge in [-0.05, 0) is 85.9 Å². The number of carbonyl (C=O) groups is 1. The first kappa shape index (κ1) is 20.7. The van der Waals surface area contributed by atoms with E-state index in [-0.39, 0.29) is 5.91 Å². The highest BCUT2D eigenvalue weighted by molar-refractivity contribution is 8.18. The molecule has 3 nitrogen and oxygen atoms in total. The minimum absolute atomic E-state index is 0.0511.